The molecule has 0 aliphatic heterocycles. The Hall–Kier alpha value is -2.68. The third-order valence-electron chi connectivity index (χ3n) is 3.63. The molecule has 1 heterocycles. The highest BCUT2D eigenvalue weighted by atomic mass is 16.5. The Morgan fingerprint density at radius 2 is 1.64 bits per heavy atom. The number of fused-ring (bicyclic) bond motifs is 1. The fourth-order valence-corrected chi connectivity index (χ4v) is 2.64. The molecule has 0 saturated heterocycles. The zero-order valence-electron chi connectivity index (χ0n) is 12.7. The van der Waals surface area contributed by atoms with Crippen molar-refractivity contribution in [3.05, 3.63) is 65.9 Å². The molecule has 0 amide bonds. The molecule has 0 aliphatic carbocycles. The normalized spacial score (nSPS) is 10.6. The molecule has 0 bridgehead atoms. The van der Waals surface area contributed by atoms with E-state index in [1.807, 2.05) is 68.4 Å². The quantitative estimate of drug-likeness (QED) is 0.672. The van der Waals surface area contributed by atoms with Gasteiger partial charge in [-0.25, -0.2) is 4.79 Å². The molecule has 0 spiro atoms. The summed E-state index contributed by atoms with van der Waals surface area (Å²) in [6.07, 6.45) is 0. The smallest absolute Gasteiger partial charge is 0.340 e. The molecule has 3 aromatic rings. The van der Waals surface area contributed by atoms with Crippen molar-refractivity contribution in [3.8, 4) is 11.3 Å². The van der Waals surface area contributed by atoms with Gasteiger partial charge in [0.05, 0.1) is 17.9 Å². The van der Waals surface area contributed by atoms with Crippen molar-refractivity contribution >= 4 is 16.7 Å². The van der Waals surface area contributed by atoms with Crippen molar-refractivity contribution in [1.29, 1.82) is 0 Å². The van der Waals surface area contributed by atoms with Crippen LogP contribution in [0.5, 0.6) is 0 Å². The number of hydrogen-bond acceptors (Lipinski definition) is 3. The zero-order chi connectivity index (χ0) is 15.5. The van der Waals surface area contributed by atoms with E-state index in [1.54, 1.807) is 0 Å². The molecule has 3 heteroatoms. The summed E-state index contributed by atoms with van der Waals surface area (Å²) in [4.78, 5) is 17.2. The molecule has 0 aliphatic rings. The predicted molar refractivity (Wildman–Crippen MR) is 87.9 cm³/mol. The lowest BCUT2D eigenvalue weighted by Gasteiger charge is -2.13. The molecular weight excluding hydrogens is 274 g/mol. The largest absolute Gasteiger partial charge is 0.462 e. The van der Waals surface area contributed by atoms with Crippen molar-refractivity contribution in [1.82, 2.24) is 4.98 Å². The number of carbonyl (C=O) groups is 1. The van der Waals surface area contributed by atoms with Crippen molar-refractivity contribution in [2.45, 2.75) is 13.8 Å². The first kappa shape index (κ1) is 14.3. The van der Waals surface area contributed by atoms with Gasteiger partial charge in [-0.05, 0) is 13.8 Å². The van der Waals surface area contributed by atoms with Gasteiger partial charge in [-0.3, -0.25) is 4.98 Å². The molecule has 3 nitrogen and oxygen atoms in total. The molecule has 0 N–H and O–H groups in total. The summed E-state index contributed by atoms with van der Waals surface area (Å²) >= 11 is 0. The van der Waals surface area contributed by atoms with Crippen LogP contribution >= 0.6 is 0 Å². The molecule has 0 unspecified atom stereocenters. The van der Waals surface area contributed by atoms with Crippen molar-refractivity contribution < 1.29 is 9.53 Å². The number of aryl methyl sites for hydroxylation is 1. The monoisotopic (exact) mass is 291 g/mol. The summed E-state index contributed by atoms with van der Waals surface area (Å²) in [5, 5.41) is 1.86. The molecule has 0 radical (unpaired) electrons. The van der Waals surface area contributed by atoms with Crippen LogP contribution in [0.2, 0.25) is 0 Å². The van der Waals surface area contributed by atoms with E-state index in [4.69, 9.17) is 4.74 Å². The van der Waals surface area contributed by atoms with Gasteiger partial charge in [0.2, 0.25) is 0 Å². The zero-order valence-corrected chi connectivity index (χ0v) is 12.7. The summed E-state index contributed by atoms with van der Waals surface area (Å²) in [7, 11) is 0. The second-order valence-corrected chi connectivity index (χ2v) is 5.05. The molecule has 3 rings (SSSR count). The number of aromatic nitrogens is 1. The summed E-state index contributed by atoms with van der Waals surface area (Å²) in [6, 6.07) is 17.6. The molecule has 110 valence electrons. The van der Waals surface area contributed by atoms with Gasteiger partial charge in [0, 0.05) is 22.0 Å². The Labute approximate surface area is 129 Å². The van der Waals surface area contributed by atoms with Crippen LogP contribution in [0.1, 0.15) is 23.0 Å². The minimum atomic E-state index is -0.329. The average Bonchev–Trinajstić information content (AvgIpc) is 2.56. The molecule has 0 atom stereocenters. The third kappa shape index (κ3) is 2.46. The molecule has 2 aromatic carbocycles. The van der Waals surface area contributed by atoms with Gasteiger partial charge in [0.25, 0.3) is 0 Å². The van der Waals surface area contributed by atoms with Crippen LogP contribution in [0.3, 0.4) is 0 Å². The van der Waals surface area contributed by atoms with E-state index in [-0.39, 0.29) is 5.97 Å². The Kier molecular flexibility index (Phi) is 3.88. The summed E-state index contributed by atoms with van der Waals surface area (Å²) in [6.45, 7) is 4.11. The summed E-state index contributed by atoms with van der Waals surface area (Å²) < 4.78 is 5.26. The van der Waals surface area contributed by atoms with Crippen LogP contribution in [0.4, 0.5) is 0 Å². The van der Waals surface area contributed by atoms with Gasteiger partial charge in [-0.2, -0.15) is 0 Å². The second-order valence-electron chi connectivity index (χ2n) is 5.05. The number of carbonyl (C=O) groups excluding carboxylic acids is 1. The van der Waals surface area contributed by atoms with Crippen LogP contribution in [0, 0.1) is 6.92 Å². The fraction of sp³-hybridized carbons (Fsp3) is 0.158. The van der Waals surface area contributed by atoms with Gasteiger partial charge in [0.1, 0.15) is 0 Å². The standard InChI is InChI=1S/C19H17NO2/c1-3-22-19(21)17-16-12-8-7-11-15(16)13(2)20-18(17)14-9-5-4-6-10-14/h4-12H,3H2,1-2H3. The average molecular weight is 291 g/mol. The minimum Gasteiger partial charge on any atom is -0.462 e. The van der Waals surface area contributed by atoms with Crippen LogP contribution < -0.4 is 0 Å². The van der Waals surface area contributed by atoms with Crippen molar-refractivity contribution in [3.63, 3.8) is 0 Å². The van der Waals surface area contributed by atoms with E-state index < -0.39 is 0 Å². The molecule has 1 aromatic heterocycles. The van der Waals surface area contributed by atoms with Crippen molar-refractivity contribution in [2.75, 3.05) is 6.61 Å². The van der Waals surface area contributed by atoms with Gasteiger partial charge in [0.15, 0.2) is 0 Å². The lowest BCUT2D eigenvalue weighted by atomic mass is 9.98. The van der Waals surface area contributed by atoms with E-state index in [9.17, 15) is 4.79 Å². The first-order chi connectivity index (χ1) is 10.7. The topological polar surface area (TPSA) is 39.2 Å². The maximum atomic E-state index is 12.5. The van der Waals surface area contributed by atoms with Crippen LogP contribution in [-0.2, 0) is 4.74 Å². The number of nitrogens with zero attached hydrogens (tertiary/aromatic N) is 1. The lowest BCUT2D eigenvalue weighted by molar-refractivity contribution is 0.0529. The molecule has 0 fully saturated rings. The number of pyridine rings is 1. The van der Waals surface area contributed by atoms with Crippen LogP contribution in [0.25, 0.3) is 22.0 Å². The first-order valence-electron chi connectivity index (χ1n) is 7.34. The molecular formula is C19H17NO2. The number of benzene rings is 2. The minimum absolute atomic E-state index is 0.329. The van der Waals surface area contributed by atoms with Crippen molar-refractivity contribution in [2.24, 2.45) is 0 Å². The van der Waals surface area contributed by atoms with Gasteiger partial charge in [-0.15, -0.1) is 0 Å². The third-order valence-corrected chi connectivity index (χ3v) is 3.63. The number of rotatable bonds is 3. The Morgan fingerprint density at radius 3 is 2.32 bits per heavy atom. The van der Waals surface area contributed by atoms with E-state index >= 15 is 0 Å². The number of esters is 1. The van der Waals surface area contributed by atoms with Crippen LogP contribution in [0.15, 0.2) is 54.6 Å². The van der Waals surface area contributed by atoms with Gasteiger partial charge >= 0.3 is 5.97 Å². The van der Waals surface area contributed by atoms with E-state index in [0.29, 0.717) is 17.9 Å². The summed E-state index contributed by atoms with van der Waals surface area (Å²) in [5.74, 6) is -0.329. The Balaban J connectivity index is 2.35. The second kappa shape index (κ2) is 5.98. The number of hydrogen-bond donors (Lipinski definition) is 0. The van der Waals surface area contributed by atoms with E-state index in [2.05, 4.69) is 4.98 Å². The first-order valence-corrected chi connectivity index (χ1v) is 7.34. The molecule has 0 saturated carbocycles. The van der Waals surface area contributed by atoms with E-state index in [0.717, 1.165) is 22.0 Å². The predicted octanol–water partition coefficient (Wildman–Crippen LogP) is 4.39. The highest BCUT2D eigenvalue weighted by Crippen LogP contribution is 2.30. The SMILES string of the molecule is CCOC(=O)c1c(-c2ccccc2)nc(C)c2ccccc12. The maximum absolute atomic E-state index is 12.5. The van der Waals surface area contributed by atoms with Crippen LogP contribution in [-0.4, -0.2) is 17.6 Å². The highest BCUT2D eigenvalue weighted by Gasteiger charge is 2.20. The Morgan fingerprint density at radius 1 is 1.00 bits per heavy atom. The van der Waals surface area contributed by atoms with E-state index in [1.165, 1.54) is 0 Å². The lowest BCUT2D eigenvalue weighted by Crippen LogP contribution is -2.09. The van der Waals surface area contributed by atoms with Gasteiger partial charge < -0.3 is 4.74 Å². The molecule has 22 heavy (non-hydrogen) atoms. The van der Waals surface area contributed by atoms with Gasteiger partial charge in [-0.1, -0.05) is 54.6 Å². The Bertz CT molecular complexity index is 825. The fourth-order valence-electron chi connectivity index (χ4n) is 2.64. The highest BCUT2D eigenvalue weighted by molar-refractivity contribution is 6.09. The number of ether oxygens (including phenoxy) is 1. The summed E-state index contributed by atoms with van der Waals surface area (Å²) in [5.41, 5.74) is 3.03. The maximum Gasteiger partial charge on any atom is 0.340 e.